The molecule has 0 aliphatic carbocycles. The zero-order valence-corrected chi connectivity index (χ0v) is 8.24. The van der Waals surface area contributed by atoms with E-state index >= 15 is 0 Å². The third-order valence-electron chi connectivity index (χ3n) is 2.11. The van der Waals surface area contributed by atoms with Crippen LogP contribution in [-0.2, 0) is 6.42 Å². The Morgan fingerprint density at radius 3 is 2.43 bits per heavy atom. The van der Waals surface area contributed by atoms with Crippen molar-refractivity contribution in [1.29, 1.82) is 0 Å². The van der Waals surface area contributed by atoms with Gasteiger partial charge in [0.1, 0.15) is 5.75 Å². The fourth-order valence-corrected chi connectivity index (χ4v) is 1.30. The lowest BCUT2D eigenvalue weighted by atomic mass is 10.0. The van der Waals surface area contributed by atoms with Crippen LogP contribution in [0, 0.1) is 0 Å². The van der Waals surface area contributed by atoms with Crippen molar-refractivity contribution in [3.05, 3.63) is 28.8 Å². The topological polar surface area (TPSA) is 43.4 Å². The Morgan fingerprint density at radius 2 is 2.00 bits per heavy atom. The molecular formula is C11H12O3. The minimum absolute atomic E-state index is 0.319. The van der Waals surface area contributed by atoms with Crippen LogP contribution in [0.2, 0.25) is 0 Å². The number of benzene rings is 1. The summed E-state index contributed by atoms with van der Waals surface area (Å²) >= 11 is 0. The lowest BCUT2D eigenvalue weighted by Gasteiger charge is -2.07. The molecule has 0 saturated heterocycles. The molecule has 0 saturated carbocycles. The zero-order chi connectivity index (χ0) is 10.6. The highest BCUT2D eigenvalue weighted by Gasteiger charge is 2.09. The molecule has 74 valence electrons. The van der Waals surface area contributed by atoms with E-state index in [1.165, 1.54) is 7.11 Å². The highest BCUT2D eigenvalue weighted by molar-refractivity contribution is 5.93. The molecule has 0 aliphatic heterocycles. The predicted molar refractivity (Wildman–Crippen MR) is 53.1 cm³/mol. The van der Waals surface area contributed by atoms with Crippen LogP contribution in [0.1, 0.15) is 33.2 Å². The van der Waals surface area contributed by atoms with Crippen molar-refractivity contribution >= 4 is 12.6 Å². The van der Waals surface area contributed by atoms with E-state index in [9.17, 15) is 9.59 Å². The van der Waals surface area contributed by atoms with Gasteiger partial charge in [-0.05, 0) is 24.1 Å². The Morgan fingerprint density at radius 1 is 1.29 bits per heavy atom. The Balaban J connectivity index is 3.38. The Labute approximate surface area is 82.7 Å². The van der Waals surface area contributed by atoms with Crippen LogP contribution < -0.4 is 4.74 Å². The highest BCUT2D eigenvalue weighted by atomic mass is 16.5. The summed E-state index contributed by atoms with van der Waals surface area (Å²) in [6.45, 7) is 1.98. The molecule has 0 aromatic heterocycles. The monoisotopic (exact) mass is 192 g/mol. The van der Waals surface area contributed by atoms with Crippen LogP contribution in [-0.4, -0.2) is 19.7 Å². The maximum Gasteiger partial charge on any atom is 0.154 e. The second kappa shape index (κ2) is 4.56. The van der Waals surface area contributed by atoms with Crippen molar-refractivity contribution < 1.29 is 14.3 Å². The fraction of sp³-hybridized carbons (Fsp3) is 0.273. The number of hydrogen-bond acceptors (Lipinski definition) is 3. The summed E-state index contributed by atoms with van der Waals surface area (Å²) in [4.78, 5) is 21.4. The van der Waals surface area contributed by atoms with Crippen LogP contribution in [0.3, 0.4) is 0 Å². The van der Waals surface area contributed by atoms with E-state index in [1.54, 1.807) is 12.1 Å². The van der Waals surface area contributed by atoms with Gasteiger partial charge in [-0.2, -0.15) is 0 Å². The first-order chi connectivity index (χ1) is 6.76. The first-order valence-corrected chi connectivity index (χ1v) is 4.38. The van der Waals surface area contributed by atoms with Gasteiger partial charge in [0.05, 0.1) is 12.7 Å². The van der Waals surface area contributed by atoms with Gasteiger partial charge in [-0.1, -0.05) is 6.92 Å². The number of methoxy groups -OCH3 is 1. The largest absolute Gasteiger partial charge is 0.496 e. The Kier molecular flexibility index (Phi) is 3.40. The van der Waals surface area contributed by atoms with Gasteiger partial charge < -0.3 is 4.74 Å². The van der Waals surface area contributed by atoms with Crippen molar-refractivity contribution in [3.8, 4) is 5.75 Å². The average molecular weight is 192 g/mol. The molecule has 0 N–H and O–H groups in total. The molecule has 1 aromatic rings. The van der Waals surface area contributed by atoms with Crippen molar-refractivity contribution in [1.82, 2.24) is 0 Å². The first kappa shape index (κ1) is 10.4. The predicted octanol–water partition coefficient (Wildman–Crippen LogP) is 1.88. The molecule has 3 nitrogen and oxygen atoms in total. The van der Waals surface area contributed by atoms with Crippen molar-refractivity contribution in [2.45, 2.75) is 13.3 Å². The third-order valence-corrected chi connectivity index (χ3v) is 2.11. The van der Waals surface area contributed by atoms with Crippen molar-refractivity contribution in [2.75, 3.05) is 7.11 Å². The molecule has 1 aromatic carbocycles. The Hall–Kier alpha value is -1.64. The minimum Gasteiger partial charge on any atom is -0.496 e. The van der Waals surface area contributed by atoms with Gasteiger partial charge in [-0.25, -0.2) is 0 Å². The number of hydrogen-bond donors (Lipinski definition) is 0. The second-order valence-corrected chi connectivity index (χ2v) is 2.89. The molecule has 0 aliphatic rings. The molecule has 14 heavy (non-hydrogen) atoms. The summed E-state index contributed by atoms with van der Waals surface area (Å²) in [6.07, 6.45) is 2.11. The molecule has 0 heterocycles. The summed E-state index contributed by atoms with van der Waals surface area (Å²) in [7, 11) is 1.48. The standard InChI is InChI=1S/C11H12O3/c1-3-8-4-9(6-12)10(7-13)11(5-8)14-2/h4-7H,3H2,1-2H3. The van der Waals surface area contributed by atoms with E-state index in [0.29, 0.717) is 29.4 Å². The third kappa shape index (κ3) is 1.82. The highest BCUT2D eigenvalue weighted by Crippen LogP contribution is 2.22. The van der Waals surface area contributed by atoms with Crippen LogP contribution in [0.4, 0.5) is 0 Å². The maximum absolute atomic E-state index is 10.7. The van der Waals surface area contributed by atoms with Crippen LogP contribution in [0.5, 0.6) is 5.75 Å². The smallest absolute Gasteiger partial charge is 0.154 e. The van der Waals surface area contributed by atoms with E-state index in [4.69, 9.17) is 4.74 Å². The summed E-state index contributed by atoms with van der Waals surface area (Å²) in [5, 5.41) is 0. The summed E-state index contributed by atoms with van der Waals surface area (Å²) < 4.78 is 5.03. The quantitative estimate of drug-likeness (QED) is 0.684. The lowest BCUT2D eigenvalue weighted by molar-refractivity contribution is 0.109. The minimum atomic E-state index is 0.319. The molecule has 0 atom stereocenters. The van der Waals surface area contributed by atoms with Crippen LogP contribution in [0.25, 0.3) is 0 Å². The van der Waals surface area contributed by atoms with E-state index < -0.39 is 0 Å². The molecule has 0 unspecified atom stereocenters. The number of ether oxygens (including phenoxy) is 1. The number of aldehydes is 2. The van der Waals surface area contributed by atoms with Gasteiger partial charge >= 0.3 is 0 Å². The van der Waals surface area contributed by atoms with Gasteiger partial charge in [-0.3, -0.25) is 9.59 Å². The van der Waals surface area contributed by atoms with E-state index in [0.717, 1.165) is 12.0 Å². The second-order valence-electron chi connectivity index (χ2n) is 2.89. The number of carbonyl (C=O) groups excluding carboxylic acids is 2. The Bertz CT molecular complexity index is 356. The van der Waals surface area contributed by atoms with E-state index in [2.05, 4.69) is 0 Å². The summed E-state index contributed by atoms with van der Waals surface area (Å²) in [5.74, 6) is 0.460. The molecule has 0 amide bonds. The van der Waals surface area contributed by atoms with Gasteiger partial charge in [0.2, 0.25) is 0 Å². The molecule has 0 radical (unpaired) electrons. The molecule has 3 heteroatoms. The molecule has 0 fully saturated rings. The van der Waals surface area contributed by atoms with Crippen LogP contribution in [0.15, 0.2) is 12.1 Å². The fourth-order valence-electron chi connectivity index (χ4n) is 1.30. The molecule has 0 spiro atoms. The molecule has 1 rings (SSSR count). The zero-order valence-electron chi connectivity index (χ0n) is 8.24. The van der Waals surface area contributed by atoms with E-state index in [1.807, 2.05) is 6.92 Å². The van der Waals surface area contributed by atoms with Crippen molar-refractivity contribution in [2.24, 2.45) is 0 Å². The van der Waals surface area contributed by atoms with Crippen LogP contribution >= 0.6 is 0 Å². The SMILES string of the molecule is CCc1cc(C=O)c(C=O)c(OC)c1. The van der Waals surface area contributed by atoms with Gasteiger partial charge in [0.15, 0.2) is 12.6 Å². The lowest BCUT2D eigenvalue weighted by Crippen LogP contribution is -1.98. The van der Waals surface area contributed by atoms with Gasteiger partial charge in [-0.15, -0.1) is 0 Å². The van der Waals surface area contributed by atoms with Gasteiger partial charge in [0, 0.05) is 5.56 Å². The number of carbonyl (C=O) groups is 2. The van der Waals surface area contributed by atoms with Gasteiger partial charge in [0.25, 0.3) is 0 Å². The maximum atomic E-state index is 10.7. The molecular weight excluding hydrogens is 180 g/mol. The first-order valence-electron chi connectivity index (χ1n) is 4.38. The van der Waals surface area contributed by atoms with Crippen molar-refractivity contribution in [3.63, 3.8) is 0 Å². The average Bonchev–Trinajstić information content (AvgIpc) is 2.26. The number of aryl methyl sites for hydroxylation is 1. The summed E-state index contributed by atoms with van der Waals surface area (Å²) in [6, 6.07) is 3.48. The number of rotatable bonds is 4. The summed E-state index contributed by atoms with van der Waals surface area (Å²) in [5.41, 5.74) is 1.69. The molecule has 0 bridgehead atoms. The van der Waals surface area contributed by atoms with E-state index in [-0.39, 0.29) is 0 Å². The normalized spacial score (nSPS) is 9.57.